The van der Waals surface area contributed by atoms with Crippen LogP contribution in [0.4, 0.5) is 0 Å². The maximum absolute atomic E-state index is 13.8. The molecule has 0 unspecified atom stereocenters. The Morgan fingerprint density at radius 3 is 2.54 bits per heavy atom. The van der Waals surface area contributed by atoms with Gasteiger partial charge < -0.3 is 4.74 Å². The summed E-state index contributed by atoms with van der Waals surface area (Å²) in [5.74, 6) is -0.247. The first-order valence-corrected chi connectivity index (χ1v) is 15.0. The molecule has 0 spiro atoms. The minimum atomic E-state index is -0.393. The van der Waals surface area contributed by atoms with E-state index >= 15 is 0 Å². The molecule has 0 saturated carbocycles. The fraction of sp³-hybridized carbons (Fsp3) is 0.250. The van der Waals surface area contributed by atoms with Gasteiger partial charge in [-0.1, -0.05) is 27.7 Å². The molecule has 1 N–H and O–H groups in total. The molecule has 0 bridgehead atoms. The number of carbonyl (C=O) groups excluding carboxylic acids is 2. The number of ether oxygens (including phenoxy) is 1. The van der Waals surface area contributed by atoms with Crippen molar-refractivity contribution >= 4 is 66.8 Å². The second-order valence-corrected chi connectivity index (χ2v) is 12.0. The summed E-state index contributed by atoms with van der Waals surface area (Å²) in [7, 11) is 0. The number of fused-ring (bicyclic) bond motifs is 3. The molecule has 0 atom stereocenters. The van der Waals surface area contributed by atoms with E-state index in [1.165, 1.54) is 23.6 Å². The van der Waals surface area contributed by atoms with Gasteiger partial charge in [-0.25, -0.2) is 10.4 Å². The molecule has 0 radical (unpaired) electrons. The third kappa shape index (κ3) is 6.15. The number of hydrogen-bond donors (Lipinski definition) is 1. The topological polar surface area (TPSA) is 103 Å². The van der Waals surface area contributed by atoms with Gasteiger partial charge in [-0.15, -0.1) is 11.3 Å². The van der Waals surface area contributed by atoms with Gasteiger partial charge in [0.05, 0.1) is 22.5 Å². The zero-order valence-corrected chi connectivity index (χ0v) is 24.5. The number of aryl methyl sites for hydroxylation is 2. The summed E-state index contributed by atoms with van der Waals surface area (Å²) in [4.78, 5) is 44.5. The Kier molecular flexibility index (Phi) is 8.29. The van der Waals surface area contributed by atoms with Crippen LogP contribution in [0, 0.1) is 0 Å². The zero-order valence-electron chi connectivity index (χ0n) is 21.3. The Balaban J connectivity index is 1.37. The highest BCUT2D eigenvalue weighted by Crippen LogP contribution is 2.35. The fourth-order valence-electron chi connectivity index (χ4n) is 4.40. The molecular weight excluding hydrogens is 600 g/mol. The number of carbonyl (C=O) groups is 2. The number of rotatable bonds is 7. The highest BCUT2D eigenvalue weighted by molar-refractivity contribution is 9.10. The van der Waals surface area contributed by atoms with Crippen molar-refractivity contribution in [2.75, 3.05) is 5.75 Å². The summed E-state index contributed by atoms with van der Waals surface area (Å²) in [6.07, 6.45) is 4.07. The quantitative estimate of drug-likeness (QED) is 0.0712. The number of amides is 1. The largest absolute Gasteiger partial charge is 0.427 e. The van der Waals surface area contributed by atoms with Gasteiger partial charge in [-0.05, 0) is 92.3 Å². The first-order valence-electron chi connectivity index (χ1n) is 12.4. The molecule has 39 heavy (non-hydrogen) atoms. The van der Waals surface area contributed by atoms with Gasteiger partial charge in [0, 0.05) is 16.3 Å². The predicted octanol–water partition coefficient (Wildman–Crippen LogP) is 5.65. The minimum Gasteiger partial charge on any atom is -0.427 e. The molecule has 0 fully saturated rings. The smallest absolute Gasteiger partial charge is 0.308 e. The number of hydrogen-bond acceptors (Lipinski definition) is 8. The standard InChI is InChI=1S/C28H25BrN4O4S2/c1-16(18-7-13-21(14-8-18)37-17(2)34)31-32-24(35)15-38-28-30-26-25(22-5-3-4-6-23(22)39-26)27(36)33(28)20-11-9-19(29)10-12-20/h7-14H,3-6,15H2,1-2H3,(H,32,35). The summed E-state index contributed by atoms with van der Waals surface area (Å²) in [5.41, 5.74) is 5.68. The first-order chi connectivity index (χ1) is 18.8. The maximum Gasteiger partial charge on any atom is 0.308 e. The van der Waals surface area contributed by atoms with Gasteiger partial charge in [0.1, 0.15) is 10.6 Å². The van der Waals surface area contributed by atoms with Crippen molar-refractivity contribution in [1.29, 1.82) is 0 Å². The Morgan fingerprint density at radius 1 is 1.10 bits per heavy atom. The molecule has 8 nitrogen and oxygen atoms in total. The van der Waals surface area contributed by atoms with Crippen LogP contribution in [0.3, 0.4) is 0 Å². The summed E-state index contributed by atoms with van der Waals surface area (Å²) in [6, 6.07) is 14.3. The predicted molar refractivity (Wildman–Crippen MR) is 158 cm³/mol. The van der Waals surface area contributed by atoms with Crippen LogP contribution in [0.2, 0.25) is 0 Å². The number of thioether (sulfide) groups is 1. The highest BCUT2D eigenvalue weighted by Gasteiger charge is 2.23. The fourth-order valence-corrected chi connectivity index (χ4v) is 6.78. The van der Waals surface area contributed by atoms with Gasteiger partial charge in [-0.3, -0.25) is 19.0 Å². The third-order valence-corrected chi connectivity index (χ3v) is 8.91. The monoisotopic (exact) mass is 624 g/mol. The molecule has 0 aliphatic heterocycles. The second-order valence-electron chi connectivity index (χ2n) is 9.04. The second kappa shape index (κ2) is 11.8. The van der Waals surface area contributed by atoms with E-state index in [-0.39, 0.29) is 17.2 Å². The van der Waals surface area contributed by atoms with Crippen molar-refractivity contribution in [2.45, 2.75) is 44.7 Å². The van der Waals surface area contributed by atoms with E-state index in [0.717, 1.165) is 46.1 Å². The lowest BCUT2D eigenvalue weighted by Gasteiger charge is -2.13. The number of aromatic nitrogens is 2. The van der Waals surface area contributed by atoms with E-state index in [1.807, 2.05) is 24.3 Å². The molecule has 0 saturated heterocycles. The molecule has 1 aliphatic rings. The maximum atomic E-state index is 13.8. The van der Waals surface area contributed by atoms with Crippen molar-refractivity contribution in [2.24, 2.45) is 5.10 Å². The van der Waals surface area contributed by atoms with E-state index in [4.69, 9.17) is 9.72 Å². The normalized spacial score (nSPS) is 13.3. The third-order valence-electron chi connectivity index (χ3n) is 6.26. The van der Waals surface area contributed by atoms with E-state index in [1.54, 1.807) is 47.1 Å². The minimum absolute atomic E-state index is 0.0295. The summed E-state index contributed by atoms with van der Waals surface area (Å²) < 4.78 is 7.56. The van der Waals surface area contributed by atoms with Crippen molar-refractivity contribution in [3.8, 4) is 11.4 Å². The van der Waals surface area contributed by atoms with Gasteiger partial charge in [-0.2, -0.15) is 5.10 Å². The van der Waals surface area contributed by atoms with Crippen molar-refractivity contribution in [1.82, 2.24) is 15.0 Å². The lowest BCUT2D eigenvalue weighted by Crippen LogP contribution is -2.24. The van der Waals surface area contributed by atoms with Crippen molar-refractivity contribution in [3.63, 3.8) is 0 Å². The number of nitrogens with zero attached hydrogens (tertiary/aromatic N) is 3. The molecule has 200 valence electrons. The molecule has 5 rings (SSSR count). The van der Waals surface area contributed by atoms with E-state index in [2.05, 4.69) is 26.5 Å². The van der Waals surface area contributed by atoms with Crippen LogP contribution in [0.25, 0.3) is 15.9 Å². The molecule has 1 aliphatic carbocycles. The molecule has 2 heterocycles. The van der Waals surface area contributed by atoms with Gasteiger partial charge in [0.2, 0.25) is 0 Å². The van der Waals surface area contributed by atoms with E-state index < -0.39 is 5.97 Å². The van der Waals surface area contributed by atoms with Crippen molar-refractivity contribution < 1.29 is 14.3 Å². The Hall–Kier alpha value is -3.28. The van der Waals surface area contributed by atoms with Crippen LogP contribution < -0.4 is 15.7 Å². The highest BCUT2D eigenvalue weighted by atomic mass is 79.9. The number of halogens is 1. The van der Waals surface area contributed by atoms with E-state index in [9.17, 15) is 14.4 Å². The number of benzene rings is 2. The van der Waals surface area contributed by atoms with Crippen LogP contribution in [0.15, 0.2) is 68.1 Å². The van der Waals surface area contributed by atoms with Gasteiger partial charge >= 0.3 is 5.97 Å². The summed E-state index contributed by atoms with van der Waals surface area (Å²) >= 11 is 6.25. The molecule has 4 aromatic rings. The zero-order chi connectivity index (χ0) is 27.5. The Bertz CT molecular complexity index is 1640. The number of nitrogens with one attached hydrogen (secondary N) is 1. The van der Waals surface area contributed by atoms with Crippen LogP contribution in [0.5, 0.6) is 5.75 Å². The van der Waals surface area contributed by atoms with Crippen LogP contribution in [-0.2, 0) is 22.4 Å². The number of hydrazone groups is 1. The SMILES string of the molecule is CC(=O)Oc1ccc(C(C)=NNC(=O)CSc2nc3sc4c(c3c(=O)n2-c2ccc(Br)cc2)CCCC4)cc1. The number of esters is 1. The van der Waals surface area contributed by atoms with Crippen molar-refractivity contribution in [3.05, 3.63) is 79.4 Å². The molecule has 1 amide bonds. The lowest BCUT2D eigenvalue weighted by molar-refractivity contribution is -0.131. The average molecular weight is 626 g/mol. The average Bonchev–Trinajstić information content (AvgIpc) is 3.30. The Labute approximate surface area is 241 Å². The summed E-state index contributed by atoms with van der Waals surface area (Å²) in [5, 5.41) is 5.37. The molecular formula is C28H25BrN4O4S2. The molecule has 2 aromatic heterocycles. The number of thiophene rings is 1. The lowest BCUT2D eigenvalue weighted by atomic mass is 9.97. The van der Waals surface area contributed by atoms with Crippen LogP contribution in [-0.4, -0.2) is 32.9 Å². The first kappa shape index (κ1) is 27.3. The Morgan fingerprint density at radius 2 is 1.82 bits per heavy atom. The van der Waals surface area contributed by atoms with Gasteiger partial charge in [0.25, 0.3) is 11.5 Å². The molecule has 2 aromatic carbocycles. The summed E-state index contributed by atoms with van der Waals surface area (Å²) in [6.45, 7) is 3.11. The van der Waals surface area contributed by atoms with Crippen LogP contribution in [0.1, 0.15) is 42.7 Å². The van der Waals surface area contributed by atoms with E-state index in [0.29, 0.717) is 27.7 Å². The van der Waals surface area contributed by atoms with Crippen LogP contribution >= 0.6 is 39.0 Å². The molecule has 11 heteroatoms. The van der Waals surface area contributed by atoms with Gasteiger partial charge in [0.15, 0.2) is 5.16 Å².